The minimum absolute atomic E-state index is 0.0750. The summed E-state index contributed by atoms with van der Waals surface area (Å²) in [4.78, 5) is 15.5. The van der Waals surface area contributed by atoms with Gasteiger partial charge in [-0.2, -0.15) is 0 Å². The number of primary amides is 1. The zero-order valence-electron chi connectivity index (χ0n) is 19.3. The standard InChI is InChI=1S/C28H27N3O4/c29-28(32)25-17-31(19-30-25)16-22(34-18-20-7-2-1-3-8-20)9-6-14-33-21-12-13-27-24(15-21)23-10-4-5-11-26(23)35-27/h1-5,7-8,10-13,15,17,19,22H,6,9,14,16,18H2,(H2,29,32). The summed E-state index contributed by atoms with van der Waals surface area (Å²) in [5.74, 6) is 0.271. The molecule has 1 atom stereocenters. The maximum atomic E-state index is 11.4. The van der Waals surface area contributed by atoms with Crippen molar-refractivity contribution in [2.45, 2.75) is 32.1 Å². The molecule has 35 heavy (non-hydrogen) atoms. The van der Waals surface area contributed by atoms with Crippen LogP contribution in [0.3, 0.4) is 0 Å². The third kappa shape index (κ3) is 5.53. The number of nitrogens with zero attached hydrogens (tertiary/aromatic N) is 2. The highest BCUT2D eigenvalue weighted by Gasteiger charge is 2.13. The van der Waals surface area contributed by atoms with Gasteiger partial charge in [0.2, 0.25) is 0 Å². The van der Waals surface area contributed by atoms with Crippen LogP contribution in [0.4, 0.5) is 0 Å². The number of furan rings is 1. The first-order valence-electron chi connectivity index (χ1n) is 11.7. The predicted octanol–water partition coefficient (Wildman–Crippen LogP) is 5.33. The Kier molecular flexibility index (Phi) is 6.77. The molecule has 2 heterocycles. The van der Waals surface area contributed by atoms with Crippen LogP contribution in [0, 0.1) is 0 Å². The highest BCUT2D eigenvalue weighted by molar-refractivity contribution is 6.05. The number of hydrogen-bond acceptors (Lipinski definition) is 5. The van der Waals surface area contributed by atoms with Crippen LogP contribution in [0.25, 0.3) is 21.9 Å². The van der Waals surface area contributed by atoms with Crippen molar-refractivity contribution in [2.75, 3.05) is 6.61 Å². The van der Waals surface area contributed by atoms with Crippen LogP contribution in [0.5, 0.6) is 5.75 Å². The summed E-state index contributed by atoms with van der Waals surface area (Å²) < 4.78 is 20.0. The van der Waals surface area contributed by atoms with Crippen molar-refractivity contribution in [3.63, 3.8) is 0 Å². The van der Waals surface area contributed by atoms with Crippen LogP contribution in [0.15, 0.2) is 89.7 Å². The SMILES string of the molecule is NC(=O)c1cn(CC(CCCOc2ccc3oc4ccccc4c3c2)OCc2ccccc2)cn1. The Morgan fingerprint density at radius 2 is 1.80 bits per heavy atom. The minimum atomic E-state index is -0.540. The molecule has 0 radical (unpaired) electrons. The molecule has 7 nitrogen and oxygen atoms in total. The molecular weight excluding hydrogens is 442 g/mol. The molecule has 0 saturated heterocycles. The normalized spacial score (nSPS) is 12.2. The van der Waals surface area contributed by atoms with Crippen molar-refractivity contribution in [1.82, 2.24) is 9.55 Å². The molecule has 5 rings (SSSR count). The monoisotopic (exact) mass is 469 g/mol. The summed E-state index contributed by atoms with van der Waals surface area (Å²) >= 11 is 0. The Morgan fingerprint density at radius 3 is 2.63 bits per heavy atom. The summed E-state index contributed by atoms with van der Waals surface area (Å²) in [6.07, 6.45) is 4.78. The van der Waals surface area contributed by atoms with Gasteiger partial charge in [0.15, 0.2) is 0 Å². The van der Waals surface area contributed by atoms with E-state index in [0.29, 0.717) is 19.8 Å². The van der Waals surface area contributed by atoms with Gasteiger partial charge in [-0.3, -0.25) is 4.79 Å². The number of nitrogens with two attached hydrogens (primary N) is 1. The number of amides is 1. The van der Waals surface area contributed by atoms with E-state index in [2.05, 4.69) is 11.1 Å². The number of carbonyl (C=O) groups is 1. The smallest absolute Gasteiger partial charge is 0.268 e. The molecule has 0 fully saturated rings. The van der Waals surface area contributed by atoms with Crippen molar-refractivity contribution in [1.29, 1.82) is 0 Å². The van der Waals surface area contributed by atoms with Crippen LogP contribution in [0.2, 0.25) is 0 Å². The second-order valence-electron chi connectivity index (χ2n) is 8.49. The Balaban J connectivity index is 1.20. The third-order valence-electron chi connectivity index (χ3n) is 5.92. The molecular formula is C28H27N3O4. The number of hydrogen-bond donors (Lipinski definition) is 1. The molecule has 2 aromatic heterocycles. The summed E-state index contributed by atoms with van der Waals surface area (Å²) in [5.41, 5.74) is 8.42. The largest absolute Gasteiger partial charge is 0.494 e. The molecule has 2 N–H and O–H groups in total. The van der Waals surface area contributed by atoms with Gasteiger partial charge in [0.05, 0.1) is 25.6 Å². The first-order chi connectivity index (χ1) is 17.2. The Hall–Kier alpha value is -4.10. The molecule has 1 amide bonds. The van der Waals surface area contributed by atoms with Crippen LogP contribution in [0.1, 0.15) is 28.9 Å². The van der Waals surface area contributed by atoms with E-state index in [1.807, 2.05) is 71.3 Å². The molecule has 0 aliphatic carbocycles. The molecule has 0 spiro atoms. The highest BCUT2D eigenvalue weighted by atomic mass is 16.5. The third-order valence-corrected chi connectivity index (χ3v) is 5.92. The Bertz CT molecular complexity index is 1420. The molecule has 0 saturated carbocycles. The van der Waals surface area contributed by atoms with E-state index in [9.17, 15) is 4.79 Å². The maximum Gasteiger partial charge on any atom is 0.268 e. The number of fused-ring (bicyclic) bond motifs is 3. The fourth-order valence-corrected chi connectivity index (χ4v) is 4.13. The number of aromatic nitrogens is 2. The number of benzene rings is 3. The maximum absolute atomic E-state index is 11.4. The molecule has 0 bridgehead atoms. The molecule has 7 heteroatoms. The van der Waals surface area contributed by atoms with Gasteiger partial charge in [-0.25, -0.2) is 4.98 Å². The topological polar surface area (TPSA) is 92.5 Å². The first kappa shape index (κ1) is 22.7. The fraction of sp³-hybridized carbons (Fsp3) is 0.214. The van der Waals surface area contributed by atoms with Gasteiger partial charge in [-0.05, 0) is 42.7 Å². The average molecular weight is 470 g/mol. The van der Waals surface area contributed by atoms with Gasteiger partial charge in [0.1, 0.15) is 22.6 Å². The number of rotatable bonds is 11. The Labute approximate surface area is 203 Å². The van der Waals surface area contributed by atoms with Crippen LogP contribution < -0.4 is 10.5 Å². The molecule has 5 aromatic rings. The van der Waals surface area contributed by atoms with E-state index >= 15 is 0 Å². The molecule has 0 aliphatic rings. The van der Waals surface area contributed by atoms with E-state index in [0.717, 1.165) is 46.1 Å². The van der Waals surface area contributed by atoms with E-state index in [-0.39, 0.29) is 11.8 Å². The van der Waals surface area contributed by atoms with Crippen molar-refractivity contribution in [2.24, 2.45) is 5.73 Å². The van der Waals surface area contributed by atoms with Crippen molar-refractivity contribution >= 4 is 27.8 Å². The second kappa shape index (κ2) is 10.4. The van der Waals surface area contributed by atoms with E-state index < -0.39 is 5.91 Å². The fourth-order valence-electron chi connectivity index (χ4n) is 4.13. The lowest BCUT2D eigenvalue weighted by molar-refractivity contribution is 0.0203. The van der Waals surface area contributed by atoms with Gasteiger partial charge in [0.25, 0.3) is 5.91 Å². The summed E-state index contributed by atoms with van der Waals surface area (Å²) in [5, 5.41) is 2.13. The van der Waals surface area contributed by atoms with E-state index in [1.54, 1.807) is 12.5 Å². The van der Waals surface area contributed by atoms with Crippen molar-refractivity contribution < 1.29 is 18.7 Å². The summed E-state index contributed by atoms with van der Waals surface area (Å²) in [6, 6.07) is 24.0. The highest BCUT2D eigenvalue weighted by Crippen LogP contribution is 2.31. The van der Waals surface area contributed by atoms with Crippen molar-refractivity contribution in [3.8, 4) is 5.75 Å². The second-order valence-corrected chi connectivity index (χ2v) is 8.49. The lowest BCUT2D eigenvalue weighted by Crippen LogP contribution is -2.21. The van der Waals surface area contributed by atoms with Crippen molar-refractivity contribution in [3.05, 3.63) is 96.6 Å². The quantitative estimate of drug-likeness (QED) is 0.264. The van der Waals surface area contributed by atoms with Crippen LogP contribution >= 0.6 is 0 Å². The number of para-hydroxylation sites is 1. The zero-order chi connectivity index (χ0) is 24.0. The number of carbonyl (C=O) groups excluding carboxylic acids is 1. The lowest BCUT2D eigenvalue weighted by Gasteiger charge is -2.19. The zero-order valence-corrected chi connectivity index (χ0v) is 19.3. The van der Waals surface area contributed by atoms with Crippen LogP contribution in [-0.4, -0.2) is 28.2 Å². The first-order valence-corrected chi connectivity index (χ1v) is 11.7. The minimum Gasteiger partial charge on any atom is -0.494 e. The van der Waals surface area contributed by atoms with E-state index in [1.165, 1.54) is 0 Å². The van der Waals surface area contributed by atoms with E-state index in [4.69, 9.17) is 19.6 Å². The Morgan fingerprint density at radius 1 is 1.00 bits per heavy atom. The van der Waals surface area contributed by atoms with Crippen LogP contribution in [-0.2, 0) is 17.9 Å². The number of imidazole rings is 1. The molecule has 3 aromatic carbocycles. The van der Waals surface area contributed by atoms with Gasteiger partial charge >= 0.3 is 0 Å². The van der Waals surface area contributed by atoms with Gasteiger partial charge in [-0.1, -0.05) is 48.5 Å². The van der Waals surface area contributed by atoms with Gasteiger partial charge in [0, 0.05) is 23.5 Å². The van der Waals surface area contributed by atoms with Gasteiger partial charge < -0.3 is 24.2 Å². The lowest BCUT2D eigenvalue weighted by atomic mass is 10.1. The molecule has 0 aliphatic heterocycles. The predicted molar refractivity (Wildman–Crippen MR) is 134 cm³/mol. The summed E-state index contributed by atoms with van der Waals surface area (Å²) in [6.45, 7) is 1.64. The average Bonchev–Trinajstić information content (AvgIpc) is 3.50. The summed E-state index contributed by atoms with van der Waals surface area (Å²) in [7, 11) is 0. The number of ether oxygens (including phenoxy) is 2. The van der Waals surface area contributed by atoms with Gasteiger partial charge in [-0.15, -0.1) is 0 Å². The molecule has 178 valence electrons. The molecule has 1 unspecified atom stereocenters.